The van der Waals surface area contributed by atoms with Crippen LogP contribution in [0.1, 0.15) is 30.8 Å². The maximum absolute atomic E-state index is 10.6. The molecule has 16 heavy (non-hydrogen) atoms. The van der Waals surface area contributed by atoms with E-state index in [2.05, 4.69) is 29.4 Å². The van der Waals surface area contributed by atoms with E-state index in [1.807, 2.05) is 0 Å². The second-order valence-electron chi connectivity index (χ2n) is 4.88. The van der Waals surface area contributed by atoms with Crippen LogP contribution in [-0.4, -0.2) is 27.8 Å². The number of nitrogens with one attached hydrogen (secondary N) is 1. The predicted octanol–water partition coefficient (Wildman–Crippen LogP) is 1.63. The first-order valence-corrected chi connectivity index (χ1v) is 5.30. The molecule has 1 aromatic heterocycles. The van der Waals surface area contributed by atoms with Crippen molar-refractivity contribution in [2.24, 2.45) is 11.3 Å². The summed E-state index contributed by atoms with van der Waals surface area (Å²) >= 11 is 0. The highest BCUT2D eigenvalue weighted by molar-refractivity contribution is 5.85. The van der Waals surface area contributed by atoms with Crippen LogP contribution in [0.4, 0.5) is 5.82 Å². The molecule has 2 rings (SSSR count). The van der Waals surface area contributed by atoms with Gasteiger partial charge in [-0.15, -0.1) is 10.2 Å². The predicted molar refractivity (Wildman–Crippen MR) is 59.4 cm³/mol. The summed E-state index contributed by atoms with van der Waals surface area (Å²) in [5.74, 6) is 0.253. The molecule has 0 bridgehead atoms. The first-order chi connectivity index (χ1) is 7.49. The lowest BCUT2D eigenvalue weighted by Gasteiger charge is -2.06. The van der Waals surface area contributed by atoms with Gasteiger partial charge in [0.05, 0.1) is 0 Å². The molecule has 1 aromatic rings. The molecule has 1 heterocycles. The first kappa shape index (κ1) is 10.9. The molecule has 86 valence electrons. The summed E-state index contributed by atoms with van der Waals surface area (Å²) in [5, 5.41) is 19.2. The van der Waals surface area contributed by atoms with Crippen molar-refractivity contribution in [1.82, 2.24) is 10.2 Å². The van der Waals surface area contributed by atoms with E-state index < -0.39 is 5.97 Å². The number of hydrogen-bond donors (Lipinski definition) is 2. The molecule has 0 aromatic carbocycles. The summed E-state index contributed by atoms with van der Waals surface area (Å²) in [6.45, 7) is 5.34. The van der Waals surface area contributed by atoms with Crippen molar-refractivity contribution in [3.63, 3.8) is 0 Å². The highest BCUT2D eigenvalue weighted by atomic mass is 16.4. The Bertz CT molecular complexity index is 400. The zero-order valence-corrected chi connectivity index (χ0v) is 9.40. The third kappa shape index (κ3) is 2.29. The quantitative estimate of drug-likeness (QED) is 0.808. The smallest absolute Gasteiger partial charge is 0.356 e. The monoisotopic (exact) mass is 221 g/mol. The number of aromatic carboxylic acids is 1. The van der Waals surface area contributed by atoms with Crippen molar-refractivity contribution < 1.29 is 9.90 Å². The largest absolute Gasteiger partial charge is 0.476 e. The molecular formula is C11H15N3O2. The van der Waals surface area contributed by atoms with Crippen LogP contribution in [0.3, 0.4) is 0 Å². The van der Waals surface area contributed by atoms with Crippen molar-refractivity contribution in [2.45, 2.75) is 20.3 Å². The minimum Gasteiger partial charge on any atom is -0.476 e. The number of carboxylic acid groups (broad SMARTS) is 1. The van der Waals surface area contributed by atoms with Crippen LogP contribution in [0.25, 0.3) is 0 Å². The summed E-state index contributed by atoms with van der Waals surface area (Å²) in [5.41, 5.74) is 0.402. The number of carbonyl (C=O) groups is 1. The van der Waals surface area contributed by atoms with Gasteiger partial charge < -0.3 is 10.4 Å². The molecule has 1 aliphatic carbocycles. The fourth-order valence-corrected chi connectivity index (χ4v) is 1.69. The molecule has 1 unspecified atom stereocenters. The molecule has 0 saturated heterocycles. The molecule has 0 aliphatic heterocycles. The molecule has 5 heteroatoms. The number of anilines is 1. The van der Waals surface area contributed by atoms with Gasteiger partial charge in [-0.3, -0.25) is 0 Å². The van der Waals surface area contributed by atoms with Crippen molar-refractivity contribution >= 4 is 11.8 Å². The van der Waals surface area contributed by atoms with Gasteiger partial charge in [-0.1, -0.05) is 13.8 Å². The third-order valence-electron chi connectivity index (χ3n) is 3.13. The summed E-state index contributed by atoms with van der Waals surface area (Å²) in [4.78, 5) is 10.6. The van der Waals surface area contributed by atoms with Crippen LogP contribution in [0, 0.1) is 11.3 Å². The summed E-state index contributed by atoms with van der Waals surface area (Å²) < 4.78 is 0. The third-order valence-corrected chi connectivity index (χ3v) is 3.13. The van der Waals surface area contributed by atoms with Crippen LogP contribution in [0.2, 0.25) is 0 Å². The first-order valence-electron chi connectivity index (χ1n) is 5.30. The van der Waals surface area contributed by atoms with Crippen LogP contribution in [-0.2, 0) is 0 Å². The van der Waals surface area contributed by atoms with E-state index in [-0.39, 0.29) is 5.69 Å². The van der Waals surface area contributed by atoms with Gasteiger partial charge in [0.15, 0.2) is 5.69 Å². The fraction of sp³-hybridized carbons (Fsp3) is 0.545. The number of rotatable bonds is 4. The van der Waals surface area contributed by atoms with Gasteiger partial charge in [0.25, 0.3) is 0 Å². The summed E-state index contributed by atoms with van der Waals surface area (Å²) in [6, 6.07) is 3.10. The molecule has 1 fully saturated rings. The Morgan fingerprint density at radius 2 is 2.25 bits per heavy atom. The Kier molecular flexibility index (Phi) is 2.53. The highest BCUT2D eigenvalue weighted by Gasteiger charge is 2.44. The maximum atomic E-state index is 10.6. The van der Waals surface area contributed by atoms with E-state index >= 15 is 0 Å². The lowest BCUT2D eigenvalue weighted by atomic mass is 10.1. The Labute approximate surface area is 93.9 Å². The summed E-state index contributed by atoms with van der Waals surface area (Å²) in [7, 11) is 0. The number of hydrogen-bond acceptors (Lipinski definition) is 4. The molecule has 0 spiro atoms. The Hall–Kier alpha value is -1.65. The second kappa shape index (κ2) is 3.73. The fourth-order valence-electron chi connectivity index (χ4n) is 1.69. The van der Waals surface area contributed by atoms with Crippen molar-refractivity contribution in [2.75, 3.05) is 11.9 Å². The van der Waals surface area contributed by atoms with E-state index in [0.29, 0.717) is 17.2 Å². The molecule has 5 nitrogen and oxygen atoms in total. The van der Waals surface area contributed by atoms with Crippen LogP contribution >= 0.6 is 0 Å². The minimum atomic E-state index is -1.05. The van der Waals surface area contributed by atoms with E-state index in [0.717, 1.165) is 6.54 Å². The Morgan fingerprint density at radius 3 is 2.69 bits per heavy atom. The van der Waals surface area contributed by atoms with Gasteiger partial charge in [0.2, 0.25) is 0 Å². The molecule has 2 N–H and O–H groups in total. The molecule has 1 aliphatic rings. The van der Waals surface area contributed by atoms with Gasteiger partial charge in [-0.05, 0) is 29.9 Å². The van der Waals surface area contributed by atoms with Gasteiger partial charge in [-0.25, -0.2) is 4.79 Å². The minimum absolute atomic E-state index is 0.0303. The van der Waals surface area contributed by atoms with Gasteiger partial charge in [0, 0.05) is 6.54 Å². The topological polar surface area (TPSA) is 75.1 Å². The van der Waals surface area contributed by atoms with E-state index in [1.54, 1.807) is 6.07 Å². The van der Waals surface area contributed by atoms with Gasteiger partial charge in [0.1, 0.15) is 5.82 Å². The summed E-state index contributed by atoms with van der Waals surface area (Å²) in [6.07, 6.45) is 1.22. The van der Waals surface area contributed by atoms with Crippen molar-refractivity contribution in [3.05, 3.63) is 17.8 Å². The highest BCUT2D eigenvalue weighted by Crippen LogP contribution is 2.51. The number of carboxylic acids is 1. The molecule has 1 saturated carbocycles. The van der Waals surface area contributed by atoms with Crippen LogP contribution < -0.4 is 5.32 Å². The Morgan fingerprint density at radius 1 is 1.56 bits per heavy atom. The average molecular weight is 221 g/mol. The van der Waals surface area contributed by atoms with E-state index in [4.69, 9.17) is 5.11 Å². The van der Waals surface area contributed by atoms with Gasteiger partial charge in [-0.2, -0.15) is 0 Å². The number of aromatic nitrogens is 2. The lowest BCUT2D eigenvalue weighted by Crippen LogP contribution is -2.10. The van der Waals surface area contributed by atoms with E-state index in [9.17, 15) is 4.79 Å². The average Bonchev–Trinajstić information content (AvgIpc) is 2.84. The lowest BCUT2D eigenvalue weighted by molar-refractivity contribution is 0.0689. The zero-order chi connectivity index (χ0) is 11.8. The normalized spacial score (nSPS) is 21.5. The number of nitrogens with zero attached hydrogens (tertiary/aromatic N) is 2. The SMILES string of the molecule is CC1(C)CC1CNc1ccc(C(=O)O)nn1. The Balaban J connectivity index is 1.88. The van der Waals surface area contributed by atoms with Crippen LogP contribution in [0.15, 0.2) is 12.1 Å². The van der Waals surface area contributed by atoms with E-state index in [1.165, 1.54) is 12.5 Å². The second-order valence-corrected chi connectivity index (χ2v) is 4.88. The molecule has 0 amide bonds. The molecule has 1 atom stereocenters. The van der Waals surface area contributed by atoms with Crippen molar-refractivity contribution in [3.8, 4) is 0 Å². The van der Waals surface area contributed by atoms with Crippen molar-refractivity contribution in [1.29, 1.82) is 0 Å². The van der Waals surface area contributed by atoms with Gasteiger partial charge >= 0.3 is 5.97 Å². The zero-order valence-electron chi connectivity index (χ0n) is 9.40. The standard InChI is InChI=1S/C11H15N3O2/c1-11(2)5-7(11)6-12-9-4-3-8(10(15)16)13-14-9/h3-4,7H,5-6H2,1-2H3,(H,12,14)(H,15,16). The molecular weight excluding hydrogens is 206 g/mol. The maximum Gasteiger partial charge on any atom is 0.356 e. The van der Waals surface area contributed by atoms with Crippen LogP contribution in [0.5, 0.6) is 0 Å². The molecule has 0 radical (unpaired) electrons.